The van der Waals surface area contributed by atoms with Gasteiger partial charge in [-0.1, -0.05) is 40.5 Å². The molecule has 0 amide bonds. The highest BCUT2D eigenvalue weighted by Gasteiger charge is 2.79. The van der Waals surface area contributed by atoms with Gasteiger partial charge in [-0.15, -0.1) is 0 Å². The summed E-state index contributed by atoms with van der Waals surface area (Å²) in [5.41, 5.74) is 2.12. The van der Waals surface area contributed by atoms with Crippen molar-refractivity contribution in [1.82, 2.24) is 0 Å². The Morgan fingerprint density at radius 3 is 2.38 bits per heavy atom. The third-order valence-electron chi connectivity index (χ3n) is 11.4. The molecule has 0 radical (unpaired) electrons. The van der Waals surface area contributed by atoms with Gasteiger partial charge in [-0.25, -0.2) is 0 Å². The molecule has 26 heavy (non-hydrogen) atoms. The first kappa shape index (κ1) is 18.0. The number of hydrogen-bond donors (Lipinski definition) is 1. The van der Waals surface area contributed by atoms with Gasteiger partial charge in [0.2, 0.25) is 0 Å². The molecule has 0 saturated heterocycles. The van der Waals surface area contributed by atoms with Gasteiger partial charge in [-0.05, 0) is 110 Å². The Balaban J connectivity index is 1.43. The van der Waals surface area contributed by atoms with Gasteiger partial charge in [0.05, 0.1) is 6.10 Å². The molecule has 0 aliphatic heterocycles. The van der Waals surface area contributed by atoms with E-state index in [-0.39, 0.29) is 11.5 Å². The number of unbranched alkanes of at least 4 members (excludes halogenated alkanes) is 1. The quantitative estimate of drug-likeness (QED) is 0.603. The molecule has 8 atom stereocenters. The van der Waals surface area contributed by atoms with Crippen LogP contribution in [0, 0.1) is 45.3 Å². The standard InChI is InChI=1S/C25H42O/c1-5-6-7-17-8-9-18-19-10-11-20-22(2,3)21(26)12-13-25(20)16-24(19,25)15-14-23(17,18)4/h17-21,26H,5-16H2,1-4H3. The summed E-state index contributed by atoms with van der Waals surface area (Å²) >= 11 is 0. The van der Waals surface area contributed by atoms with E-state index in [2.05, 4.69) is 27.7 Å². The molecule has 5 aliphatic carbocycles. The predicted molar refractivity (Wildman–Crippen MR) is 108 cm³/mol. The molecule has 1 N–H and O–H groups in total. The Hall–Kier alpha value is -0.0400. The molecule has 5 fully saturated rings. The van der Waals surface area contributed by atoms with Crippen LogP contribution in [-0.2, 0) is 0 Å². The van der Waals surface area contributed by atoms with E-state index in [1.165, 1.54) is 70.6 Å². The van der Waals surface area contributed by atoms with Crippen LogP contribution in [0.4, 0.5) is 0 Å². The maximum absolute atomic E-state index is 10.7. The zero-order chi connectivity index (χ0) is 18.4. The van der Waals surface area contributed by atoms with Gasteiger partial charge in [-0.3, -0.25) is 0 Å². The fraction of sp³-hybridized carbons (Fsp3) is 1.00. The molecule has 0 heterocycles. The highest BCUT2D eigenvalue weighted by Crippen LogP contribution is 2.86. The van der Waals surface area contributed by atoms with E-state index in [0.29, 0.717) is 16.2 Å². The second-order valence-electron chi connectivity index (χ2n) is 12.1. The van der Waals surface area contributed by atoms with Gasteiger partial charge in [0.25, 0.3) is 0 Å². The highest BCUT2D eigenvalue weighted by molar-refractivity contribution is 5.28. The third kappa shape index (κ3) is 1.98. The fourth-order valence-corrected chi connectivity index (χ4v) is 9.90. The van der Waals surface area contributed by atoms with E-state index in [4.69, 9.17) is 0 Å². The molecule has 0 aromatic heterocycles. The molecule has 0 bridgehead atoms. The van der Waals surface area contributed by atoms with Crippen LogP contribution < -0.4 is 0 Å². The van der Waals surface area contributed by atoms with Gasteiger partial charge in [0.1, 0.15) is 0 Å². The van der Waals surface area contributed by atoms with E-state index in [0.717, 1.165) is 30.1 Å². The van der Waals surface area contributed by atoms with E-state index >= 15 is 0 Å². The molecule has 148 valence electrons. The first-order chi connectivity index (χ1) is 12.3. The maximum Gasteiger partial charge on any atom is 0.0594 e. The summed E-state index contributed by atoms with van der Waals surface area (Å²) in [6.45, 7) is 9.84. The van der Waals surface area contributed by atoms with Gasteiger partial charge in [0.15, 0.2) is 0 Å². The highest BCUT2D eigenvalue weighted by atomic mass is 16.3. The van der Waals surface area contributed by atoms with Gasteiger partial charge < -0.3 is 5.11 Å². The summed E-state index contributed by atoms with van der Waals surface area (Å²) in [6.07, 6.45) is 17.1. The Morgan fingerprint density at radius 1 is 0.846 bits per heavy atom. The molecule has 5 saturated carbocycles. The number of rotatable bonds is 3. The molecule has 0 aromatic rings. The Labute approximate surface area is 161 Å². The molecule has 2 spiro atoms. The SMILES string of the molecule is CCCCC1CCC2C3CCC4C(C)(C)C(O)CCC45CC35CCC12C. The summed E-state index contributed by atoms with van der Waals surface area (Å²) in [5.74, 6) is 3.85. The summed E-state index contributed by atoms with van der Waals surface area (Å²) in [5, 5.41) is 10.7. The van der Waals surface area contributed by atoms with Crippen LogP contribution in [0.5, 0.6) is 0 Å². The van der Waals surface area contributed by atoms with Gasteiger partial charge >= 0.3 is 0 Å². The molecule has 1 heteroatoms. The van der Waals surface area contributed by atoms with Crippen molar-refractivity contribution < 1.29 is 5.11 Å². The number of aliphatic hydroxyl groups is 1. The molecule has 0 aromatic carbocycles. The summed E-state index contributed by atoms with van der Waals surface area (Å²) < 4.78 is 0. The Morgan fingerprint density at radius 2 is 1.62 bits per heavy atom. The van der Waals surface area contributed by atoms with Gasteiger partial charge in [0, 0.05) is 0 Å². The zero-order valence-corrected chi connectivity index (χ0v) is 17.8. The largest absolute Gasteiger partial charge is 0.393 e. The van der Waals surface area contributed by atoms with Crippen LogP contribution in [-0.4, -0.2) is 11.2 Å². The summed E-state index contributed by atoms with van der Waals surface area (Å²) in [4.78, 5) is 0. The summed E-state index contributed by atoms with van der Waals surface area (Å²) in [7, 11) is 0. The lowest BCUT2D eigenvalue weighted by atomic mass is 9.46. The van der Waals surface area contributed by atoms with Crippen molar-refractivity contribution in [2.24, 2.45) is 45.3 Å². The zero-order valence-electron chi connectivity index (χ0n) is 17.8. The summed E-state index contributed by atoms with van der Waals surface area (Å²) in [6, 6.07) is 0. The van der Waals surface area contributed by atoms with Crippen molar-refractivity contribution in [3.8, 4) is 0 Å². The molecular weight excluding hydrogens is 316 g/mol. The van der Waals surface area contributed by atoms with Crippen molar-refractivity contribution >= 4 is 0 Å². The minimum atomic E-state index is -0.0638. The average molecular weight is 359 g/mol. The monoisotopic (exact) mass is 358 g/mol. The average Bonchev–Trinajstić information content (AvgIpc) is 3.16. The minimum Gasteiger partial charge on any atom is -0.393 e. The van der Waals surface area contributed by atoms with Crippen LogP contribution in [0.25, 0.3) is 0 Å². The minimum absolute atomic E-state index is 0.0638. The Bertz CT molecular complexity index is 581. The van der Waals surface area contributed by atoms with Crippen molar-refractivity contribution in [2.75, 3.05) is 0 Å². The lowest BCUT2D eigenvalue weighted by Gasteiger charge is -2.59. The molecular formula is C25H42O. The van der Waals surface area contributed by atoms with Crippen molar-refractivity contribution in [2.45, 2.75) is 111 Å². The third-order valence-corrected chi connectivity index (χ3v) is 11.4. The predicted octanol–water partition coefficient (Wildman–Crippen LogP) is 6.59. The molecule has 8 unspecified atom stereocenters. The molecule has 1 nitrogen and oxygen atoms in total. The maximum atomic E-state index is 10.7. The smallest absolute Gasteiger partial charge is 0.0594 e. The van der Waals surface area contributed by atoms with E-state index in [1.807, 2.05) is 0 Å². The van der Waals surface area contributed by atoms with Crippen molar-refractivity contribution in [3.63, 3.8) is 0 Å². The first-order valence-corrected chi connectivity index (χ1v) is 12.0. The fourth-order valence-electron chi connectivity index (χ4n) is 9.90. The number of hydrogen-bond acceptors (Lipinski definition) is 1. The Kier molecular flexibility index (Phi) is 3.82. The van der Waals surface area contributed by atoms with Crippen LogP contribution >= 0.6 is 0 Å². The normalized spacial score (nSPS) is 56.9. The van der Waals surface area contributed by atoms with E-state index < -0.39 is 0 Å². The van der Waals surface area contributed by atoms with E-state index in [9.17, 15) is 5.11 Å². The number of aliphatic hydroxyl groups excluding tert-OH is 1. The molecule has 5 rings (SSSR count). The van der Waals surface area contributed by atoms with Crippen molar-refractivity contribution in [3.05, 3.63) is 0 Å². The molecule has 5 aliphatic rings. The van der Waals surface area contributed by atoms with Gasteiger partial charge in [-0.2, -0.15) is 0 Å². The van der Waals surface area contributed by atoms with Crippen LogP contribution in [0.2, 0.25) is 0 Å². The number of fused-ring (bicyclic) bond motifs is 2. The van der Waals surface area contributed by atoms with Crippen LogP contribution in [0.3, 0.4) is 0 Å². The lowest BCUT2D eigenvalue weighted by molar-refractivity contribution is -0.132. The van der Waals surface area contributed by atoms with E-state index in [1.54, 1.807) is 0 Å². The van der Waals surface area contributed by atoms with Crippen LogP contribution in [0.15, 0.2) is 0 Å². The lowest BCUT2D eigenvalue weighted by Crippen LogP contribution is -2.54. The van der Waals surface area contributed by atoms with Crippen molar-refractivity contribution in [1.29, 1.82) is 0 Å². The second kappa shape index (κ2) is 5.52. The van der Waals surface area contributed by atoms with Crippen LogP contribution in [0.1, 0.15) is 105 Å². The second-order valence-corrected chi connectivity index (χ2v) is 12.1. The first-order valence-electron chi connectivity index (χ1n) is 12.0. The topological polar surface area (TPSA) is 20.2 Å².